The van der Waals surface area contributed by atoms with Gasteiger partial charge in [-0.1, -0.05) is 77.9 Å². The number of aromatic hydroxyl groups is 2. The Bertz CT molecular complexity index is 918. The van der Waals surface area contributed by atoms with Crippen LogP contribution in [0.1, 0.15) is 44.5 Å². The maximum absolute atomic E-state index is 8.92. The number of hydrogen-bond donors (Lipinski definition) is 2. The summed E-state index contributed by atoms with van der Waals surface area (Å²) in [5, 5.41) is 17.8. The first-order valence-electron chi connectivity index (χ1n) is 10.9. The predicted octanol–water partition coefficient (Wildman–Crippen LogP) is 8.06. The molecule has 2 N–H and O–H groups in total. The van der Waals surface area contributed by atoms with Gasteiger partial charge < -0.3 is 10.2 Å². The van der Waals surface area contributed by atoms with Crippen molar-refractivity contribution in [3.8, 4) is 11.5 Å². The van der Waals surface area contributed by atoms with Crippen molar-refractivity contribution < 1.29 is 27.6 Å². The summed E-state index contributed by atoms with van der Waals surface area (Å²) in [4.78, 5) is 0. The molecule has 2 nitrogen and oxygen atoms in total. The van der Waals surface area contributed by atoms with Gasteiger partial charge in [-0.25, -0.2) is 23.3 Å². The molecule has 0 bridgehead atoms. The van der Waals surface area contributed by atoms with E-state index in [0.717, 1.165) is 11.1 Å². The van der Waals surface area contributed by atoms with Gasteiger partial charge in [0.15, 0.2) is 0 Å². The summed E-state index contributed by atoms with van der Waals surface area (Å²) in [6.07, 6.45) is 0. The Morgan fingerprint density at radius 3 is 0.970 bits per heavy atom. The van der Waals surface area contributed by atoms with Crippen molar-refractivity contribution in [1.29, 1.82) is 0 Å². The molecule has 0 saturated heterocycles. The zero-order chi connectivity index (χ0) is 24.3. The quantitative estimate of drug-likeness (QED) is 0.249. The summed E-state index contributed by atoms with van der Waals surface area (Å²) >= 11 is 0. The molecule has 0 atom stereocenters. The van der Waals surface area contributed by atoms with Crippen molar-refractivity contribution in [3.05, 3.63) is 117 Å². The van der Waals surface area contributed by atoms with Gasteiger partial charge in [0.25, 0.3) is 0 Å². The van der Waals surface area contributed by atoms with Gasteiger partial charge >= 0.3 is 17.4 Å². The monoisotopic (exact) mass is 482 g/mol. The fourth-order valence-corrected chi connectivity index (χ4v) is 3.03. The van der Waals surface area contributed by atoms with Crippen LogP contribution in [0.15, 0.2) is 72.8 Å². The second-order valence-corrected chi connectivity index (χ2v) is 8.37. The summed E-state index contributed by atoms with van der Waals surface area (Å²) in [6.45, 7) is 16.6. The Labute approximate surface area is 211 Å². The molecule has 4 aromatic carbocycles. The zero-order valence-electron chi connectivity index (χ0n) is 21.2. The zero-order valence-corrected chi connectivity index (χ0v) is 22.5. The molecule has 176 valence electrons. The van der Waals surface area contributed by atoms with Gasteiger partial charge in [0, 0.05) is 0 Å². The normalized spacial score (nSPS) is 9.21. The maximum atomic E-state index is 8.92. The van der Waals surface area contributed by atoms with Gasteiger partial charge in [0.1, 0.15) is 11.5 Å². The van der Waals surface area contributed by atoms with Crippen molar-refractivity contribution in [2.45, 2.75) is 55.4 Å². The summed E-state index contributed by atoms with van der Waals surface area (Å²) in [7, 11) is 0. The van der Waals surface area contributed by atoms with E-state index in [1.807, 2.05) is 50.2 Å². The Morgan fingerprint density at radius 2 is 0.848 bits per heavy atom. The number of phenolic OH excluding ortho intramolecular Hbond substituents is 2. The molecule has 0 saturated carbocycles. The van der Waals surface area contributed by atoms with E-state index in [9.17, 15) is 0 Å². The fraction of sp³-hybridized carbons (Fsp3) is 0.267. The Morgan fingerprint density at radius 1 is 0.545 bits per heavy atom. The third kappa shape index (κ3) is 11.6. The van der Waals surface area contributed by atoms with Gasteiger partial charge in [0.2, 0.25) is 0 Å². The van der Waals surface area contributed by atoms with Crippen LogP contribution in [-0.2, 0) is 17.4 Å². The van der Waals surface area contributed by atoms with Crippen LogP contribution in [0.2, 0.25) is 0 Å². The minimum Gasteiger partial charge on any atom is -0.508 e. The Kier molecular flexibility index (Phi) is 13.9. The number of phenols is 2. The molecule has 0 aromatic heterocycles. The van der Waals surface area contributed by atoms with Crippen LogP contribution in [0.3, 0.4) is 0 Å². The standard InChI is InChI=1S/2C8H11.2C7H8O.Cr/c2*1-6-4-7(2)8(3)5-6;2*1-6-4-2-3-5-7(6)8;/h2*4-5H,1-3H3;2*2-5,8H,1H3;/q2*-1;;;+2. The van der Waals surface area contributed by atoms with E-state index in [1.54, 1.807) is 12.1 Å². The molecule has 0 aliphatic rings. The van der Waals surface area contributed by atoms with E-state index in [1.165, 1.54) is 33.4 Å². The molecule has 4 aromatic rings. The van der Waals surface area contributed by atoms with Gasteiger partial charge in [-0.05, 0) is 37.1 Å². The molecule has 0 amide bonds. The van der Waals surface area contributed by atoms with Gasteiger partial charge in [-0.2, -0.15) is 34.4 Å². The van der Waals surface area contributed by atoms with Gasteiger partial charge in [-0.3, -0.25) is 0 Å². The van der Waals surface area contributed by atoms with Gasteiger partial charge in [0.05, 0.1) is 0 Å². The molecular weight excluding hydrogens is 444 g/mol. The van der Waals surface area contributed by atoms with Crippen LogP contribution in [-0.4, -0.2) is 10.2 Å². The Balaban J connectivity index is 0.000000410. The minimum atomic E-state index is 0. The van der Waals surface area contributed by atoms with E-state index in [4.69, 9.17) is 10.2 Å². The molecular formula is C30H38CrO2. The van der Waals surface area contributed by atoms with E-state index in [2.05, 4.69) is 65.8 Å². The summed E-state index contributed by atoms with van der Waals surface area (Å²) < 4.78 is 0. The first-order valence-corrected chi connectivity index (χ1v) is 10.9. The third-order valence-corrected chi connectivity index (χ3v) is 5.25. The van der Waals surface area contributed by atoms with E-state index < -0.39 is 0 Å². The van der Waals surface area contributed by atoms with Crippen molar-refractivity contribution in [2.24, 2.45) is 0 Å². The molecule has 0 aliphatic heterocycles. The molecule has 0 spiro atoms. The molecule has 0 aliphatic carbocycles. The minimum absolute atomic E-state index is 0. The first kappa shape index (κ1) is 30.3. The topological polar surface area (TPSA) is 40.5 Å². The smallest absolute Gasteiger partial charge is 0.508 e. The van der Waals surface area contributed by atoms with E-state index in [-0.39, 0.29) is 17.4 Å². The largest absolute Gasteiger partial charge is 2.00 e. The summed E-state index contributed by atoms with van der Waals surface area (Å²) in [5.74, 6) is 0.736. The molecule has 0 fully saturated rings. The summed E-state index contributed by atoms with van der Waals surface area (Å²) in [6, 6.07) is 23.3. The SMILES string of the molecule is Cc1cc(C)[c-](C)c1.Cc1cc(C)[c-](C)c1.Cc1ccccc1O.Cc1ccccc1O.[Cr+2]. The summed E-state index contributed by atoms with van der Waals surface area (Å²) in [5.41, 5.74) is 10.2. The van der Waals surface area contributed by atoms with Crippen LogP contribution >= 0.6 is 0 Å². The second-order valence-electron chi connectivity index (χ2n) is 8.37. The average molecular weight is 483 g/mol. The number of benzene rings is 2. The van der Waals surface area contributed by atoms with E-state index >= 15 is 0 Å². The number of rotatable bonds is 0. The van der Waals surface area contributed by atoms with Crippen LogP contribution in [0.5, 0.6) is 11.5 Å². The molecule has 0 heterocycles. The second kappa shape index (κ2) is 15.2. The third-order valence-electron chi connectivity index (χ3n) is 5.25. The first-order chi connectivity index (χ1) is 15.0. The fourth-order valence-electron chi connectivity index (χ4n) is 3.03. The van der Waals surface area contributed by atoms with Crippen LogP contribution in [0, 0.1) is 55.4 Å². The number of hydrogen-bond acceptors (Lipinski definition) is 2. The molecule has 33 heavy (non-hydrogen) atoms. The van der Waals surface area contributed by atoms with Gasteiger partial charge in [-0.15, -0.1) is 0 Å². The Hall–Kier alpha value is -2.73. The molecule has 0 radical (unpaired) electrons. The number of para-hydroxylation sites is 2. The maximum Gasteiger partial charge on any atom is 2.00 e. The molecule has 0 unspecified atom stereocenters. The van der Waals surface area contributed by atoms with Crippen LogP contribution in [0.25, 0.3) is 0 Å². The average Bonchev–Trinajstić information content (AvgIpc) is 3.19. The van der Waals surface area contributed by atoms with Crippen molar-refractivity contribution in [3.63, 3.8) is 0 Å². The van der Waals surface area contributed by atoms with Crippen molar-refractivity contribution in [1.82, 2.24) is 0 Å². The molecule has 4 rings (SSSR count). The van der Waals surface area contributed by atoms with Crippen molar-refractivity contribution >= 4 is 0 Å². The molecule has 3 heteroatoms. The van der Waals surface area contributed by atoms with E-state index in [0.29, 0.717) is 11.5 Å². The van der Waals surface area contributed by atoms with Crippen LogP contribution < -0.4 is 0 Å². The predicted molar refractivity (Wildman–Crippen MR) is 138 cm³/mol. The number of aryl methyl sites for hydroxylation is 8. The van der Waals surface area contributed by atoms with Crippen LogP contribution in [0.4, 0.5) is 0 Å². The van der Waals surface area contributed by atoms with Crippen molar-refractivity contribution in [2.75, 3.05) is 0 Å².